The fourth-order valence-corrected chi connectivity index (χ4v) is 3.72. The van der Waals surface area contributed by atoms with Crippen molar-refractivity contribution in [3.63, 3.8) is 0 Å². The first kappa shape index (κ1) is 19.4. The SMILES string of the molecule is Cc1ccc(S(=O)(=O)Nc2ccc(/C=C/c3ccccc3)cc2)cc1C(=O)O. The van der Waals surface area contributed by atoms with Crippen molar-refractivity contribution in [3.05, 3.63) is 95.1 Å². The largest absolute Gasteiger partial charge is 0.478 e. The lowest BCUT2D eigenvalue weighted by Gasteiger charge is -2.10. The van der Waals surface area contributed by atoms with Crippen molar-refractivity contribution < 1.29 is 18.3 Å². The summed E-state index contributed by atoms with van der Waals surface area (Å²) in [5.74, 6) is -1.16. The summed E-state index contributed by atoms with van der Waals surface area (Å²) < 4.78 is 27.6. The van der Waals surface area contributed by atoms with E-state index in [1.807, 2.05) is 42.5 Å². The van der Waals surface area contributed by atoms with Crippen molar-refractivity contribution in [2.24, 2.45) is 0 Å². The quantitative estimate of drug-likeness (QED) is 0.597. The second-order valence-electron chi connectivity index (χ2n) is 6.25. The molecule has 0 spiro atoms. The molecule has 0 aliphatic rings. The van der Waals surface area contributed by atoms with Crippen molar-refractivity contribution >= 4 is 33.8 Å². The molecule has 3 aromatic carbocycles. The lowest BCUT2D eigenvalue weighted by atomic mass is 10.1. The van der Waals surface area contributed by atoms with Crippen LogP contribution in [0.2, 0.25) is 0 Å². The van der Waals surface area contributed by atoms with E-state index in [1.165, 1.54) is 12.1 Å². The lowest BCUT2D eigenvalue weighted by molar-refractivity contribution is 0.0696. The molecule has 0 saturated heterocycles. The van der Waals surface area contributed by atoms with Gasteiger partial charge in [0.2, 0.25) is 0 Å². The molecule has 28 heavy (non-hydrogen) atoms. The fraction of sp³-hybridized carbons (Fsp3) is 0.0455. The van der Waals surface area contributed by atoms with Crippen LogP contribution in [-0.4, -0.2) is 19.5 Å². The van der Waals surface area contributed by atoms with Gasteiger partial charge in [-0.05, 0) is 47.9 Å². The van der Waals surface area contributed by atoms with Gasteiger partial charge in [-0.25, -0.2) is 13.2 Å². The Morgan fingerprint density at radius 3 is 2.11 bits per heavy atom. The molecule has 6 heteroatoms. The average Bonchev–Trinajstić information content (AvgIpc) is 2.68. The minimum Gasteiger partial charge on any atom is -0.478 e. The molecule has 0 aromatic heterocycles. The summed E-state index contributed by atoms with van der Waals surface area (Å²) in [6, 6.07) is 20.8. The number of hydrogen-bond acceptors (Lipinski definition) is 3. The number of aryl methyl sites for hydroxylation is 1. The molecular weight excluding hydrogens is 374 g/mol. The predicted octanol–water partition coefficient (Wildman–Crippen LogP) is 4.66. The zero-order valence-electron chi connectivity index (χ0n) is 15.2. The van der Waals surface area contributed by atoms with E-state index in [4.69, 9.17) is 0 Å². The smallest absolute Gasteiger partial charge is 0.335 e. The van der Waals surface area contributed by atoms with Gasteiger partial charge in [0.1, 0.15) is 0 Å². The van der Waals surface area contributed by atoms with Gasteiger partial charge in [0.05, 0.1) is 10.5 Å². The van der Waals surface area contributed by atoms with E-state index in [-0.39, 0.29) is 10.5 Å². The molecule has 3 rings (SSSR count). The van der Waals surface area contributed by atoms with E-state index in [2.05, 4.69) is 4.72 Å². The number of nitrogens with one attached hydrogen (secondary N) is 1. The van der Waals surface area contributed by atoms with Crippen molar-refractivity contribution in [1.29, 1.82) is 0 Å². The van der Waals surface area contributed by atoms with E-state index in [9.17, 15) is 18.3 Å². The van der Waals surface area contributed by atoms with Crippen LogP contribution in [0.15, 0.2) is 77.7 Å². The molecule has 0 amide bonds. The van der Waals surface area contributed by atoms with Crippen LogP contribution in [0.3, 0.4) is 0 Å². The highest BCUT2D eigenvalue weighted by atomic mass is 32.2. The molecule has 142 valence electrons. The van der Waals surface area contributed by atoms with Gasteiger partial charge >= 0.3 is 5.97 Å². The fourth-order valence-electron chi connectivity index (χ4n) is 2.63. The van der Waals surface area contributed by atoms with Gasteiger partial charge in [0, 0.05) is 5.69 Å². The maximum Gasteiger partial charge on any atom is 0.335 e. The summed E-state index contributed by atoms with van der Waals surface area (Å²) in [5.41, 5.74) is 2.86. The number of carbonyl (C=O) groups is 1. The van der Waals surface area contributed by atoms with E-state index in [1.54, 1.807) is 31.2 Å². The number of carboxylic acids is 1. The highest BCUT2D eigenvalue weighted by Crippen LogP contribution is 2.20. The number of carboxylic acid groups (broad SMARTS) is 1. The summed E-state index contributed by atoms with van der Waals surface area (Å²) in [5, 5.41) is 9.19. The highest BCUT2D eigenvalue weighted by molar-refractivity contribution is 7.92. The van der Waals surface area contributed by atoms with Crippen LogP contribution in [0.5, 0.6) is 0 Å². The molecule has 5 nitrogen and oxygen atoms in total. The number of anilines is 1. The molecule has 0 fully saturated rings. The predicted molar refractivity (Wildman–Crippen MR) is 111 cm³/mol. The zero-order valence-corrected chi connectivity index (χ0v) is 16.0. The van der Waals surface area contributed by atoms with Crippen LogP contribution in [0, 0.1) is 6.92 Å². The first-order chi connectivity index (χ1) is 13.3. The Balaban J connectivity index is 1.77. The van der Waals surface area contributed by atoms with Gasteiger partial charge < -0.3 is 5.11 Å². The molecule has 0 bridgehead atoms. The van der Waals surface area contributed by atoms with Crippen LogP contribution in [0.1, 0.15) is 27.0 Å². The number of sulfonamides is 1. The molecule has 3 aromatic rings. The van der Waals surface area contributed by atoms with Crippen LogP contribution in [-0.2, 0) is 10.0 Å². The second-order valence-corrected chi connectivity index (χ2v) is 7.94. The minimum absolute atomic E-state index is 0.0377. The zero-order chi connectivity index (χ0) is 20.1. The molecular formula is C22H19NO4S. The Morgan fingerprint density at radius 2 is 1.50 bits per heavy atom. The summed E-state index contributed by atoms with van der Waals surface area (Å²) >= 11 is 0. The monoisotopic (exact) mass is 393 g/mol. The number of benzene rings is 3. The van der Waals surface area contributed by atoms with Gasteiger partial charge in [-0.2, -0.15) is 0 Å². The first-order valence-electron chi connectivity index (χ1n) is 8.55. The second kappa shape index (κ2) is 8.10. The summed E-state index contributed by atoms with van der Waals surface area (Å²) in [4.78, 5) is 11.1. The van der Waals surface area contributed by atoms with Crippen molar-refractivity contribution in [2.45, 2.75) is 11.8 Å². The molecule has 0 saturated carbocycles. The third-order valence-corrected chi connectivity index (χ3v) is 5.56. The molecule has 0 aliphatic carbocycles. The van der Waals surface area contributed by atoms with E-state index < -0.39 is 16.0 Å². The van der Waals surface area contributed by atoms with Crippen LogP contribution in [0.4, 0.5) is 5.69 Å². The molecule has 0 unspecified atom stereocenters. The third kappa shape index (κ3) is 4.66. The topological polar surface area (TPSA) is 83.5 Å². The van der Waals surface area contributed by atoms with Crippen molar-refractivity contribution in [2.75, 3.05) is 4.72 Å². The van der Waals surface area contributed by atoms with Crippen molar-refractivity contribution in [1.82, 2.24) is 0 Å². The van der Waals surface area contributed by atoms with Crippen molar-refractivity contribution in [3.8, 4) is 0 Å². The normalized spacial score (nSPS) is 11.5. The maximum atomic E-state index is 12.6. The van der Waals surface area contributed by atoms with Gasteiger partial charge in [0.25, 0.3) is 10.0 Å². The number of aromatic carboxylic acids is 1. The maximum absolute atomic E-state index is 12.6. The van der Waals surface area contributed by atoms with Crippen LogP contribution >= 0.6 is 0 Å². The third-order valence-electron chi connectivity index (χ3n) is 4.18. The van der Waals surface area contributed by atoms with Gasteiger partial charge in [-0.15, -0.1) is 0 Å². The Hall–Kier alpha value is -3.38. The molecule has 0 aliphatic heterocycles. The first-order valence-corrected chi connectivity index (χ1v) is 10.0. The van der Waals surface area contributed by atoms with Crippen LogP contribution in [0.25, 0.3) is 12.2 Å². The molecule has 0 radical (unpaired) electrons. The van der Waals surface area contributed by atoms with E-state index in [0.29, 0.717) is 11.3 Å². The number of rotatable bonds is 6. The molecule has 0 atom stereocenters. The Labute approximate surface area is 164 Å². The Bertz CT molecular complexity index is 1120. The lowest BCUT2D eigenvalue weighted by Crippen LogP contribution is -2.14. The molecule has 2 N–H and O–H groups in total. The standard InChI is InChI=1S/C22H19NO4S/c1-16-7-14-20(15-21(16)22(24)25)28(26,27)23-19-12-10-18(11-13-19)9-8-17-5-3-2-4-6-17/h2-15,23H,1H3,(H,24,25)/b9-8+. The van der Waals surface area contributed by atoms with E-state index >= 15 is 0 Å². The summed E-state index contributed by atoms with van der Waals surface area (Å²) in [7, 11) is -3.89. The summed E-state index contributed by atoms with van der Waals surface area (Å²) in [6.07, 6.45) is 3.91. The summed E-state index contributed by atoms with van der Waals surface area (Å²) in [6.45, 7) is 1.62. The number of hydrogen-bond donors (Lipinski definition) is 2. The van der Waals surface area contributed by atoms with E-state index in [0.717, 1.165) is 17.2 Å². The Morgan fingerprint density at radius 1 is 0.893 bits per heavy atom. The minimum atomic E-state index is -3.89. The van der Waals surface area contributed by atoms with Crippen LogP contribution < -0.4 is 4.72 Å². The highest BCUT2D eigenvalue weighted by Gasteiger charge is 2.17. The van der Waals surface area contributed by atoms with Gasteiger partial charge in [-0.1, -0.05) is 60.7 Å². The molecule has 0 heterocycles. The van der Waals surface area contributed by atoms with Gasteiger partial charge in [-0.3, -0.25) is 4.72 Å². The van der Waals surface area contributed by atoms with Gasteiger partial charge in [0.15, 0.2) is 0 Å². The average molecular weight is 393 g/mol. The Kier molecular flexibility index (Phi) is 5.61.